The molecule has 122 valence electrons. The molecule has 2 amide bonds. The summed E-state index contributed by atoms with van der Waals surface area (Å²) in [4.78, 5) is 25.8. The molecule has 0 spiro atoms. The van der Waals surface area contributed by atoms with E-state index in [4.69, 9.17) is 5.73 Å². The van der Waals surface area contributed by atoms with Crippen molar-refractivity contribution in [3.8, 4) is 0 Å². The fourth-order valence-corrected chi connectivity index (χ4v) is 3.93. The van der Waals surface area contributed by atoms with Crippen LogP contribution in [0.3, 0.4) is 0 Å². The normalized spacial score (nSPS) is 18.2. The average Bonchev–Trinajstić information content (AvgIpc) is 3.19. The van der Waals surface area contributed by atoms with Gasteiger partial charge in [-0.1, -0.05) is 0 Å². The number of thiophene rings is 1. The van der Waals surface area contributed by atoms with Crippen LogP contribution < -0.4 is 11.1 Å². The van der Waals surface area contributed by atoms with Gasteiger partial charge >= 0.3 is 0 Å². The van der Waals surface area contributed by atoms with Gasteiger partial charge in [-0.2, -0.15) is 0 Å². The molecule has 0 unspecified atom stereocenters. The molecule has 2 aromatic heterocycles. The molecule has 1 fully saturated rings. The molecule has 0 saturated carbocycles. The molecule has 1 atom stereocenters. The molecule has 0 bridgehead atoms. The van der Waals surface area contributed by atoms with Crippen molar-refractivity contribution in [2.45, 2.75) is 18.9 Å². The minimum absolute atomic E-state index is 0.115. The fraction of sp³-hybridized carbons (Fsp3) is 0.375. The number of amides is 2. The molecule has 1 aliphatic heterocycles. The number of likely N-dealkylation sites (tertiary alicyclic amines) is 1. The van der Waals surface area contributed by atoms with Crippen molar-refractivity contribution in [2.75, 3.05) is 18.4 Å². The van der Waals surface area contributed by atoms with Gasteiger partial charge in [0.15, 0.2) is 0 Å². The lowest BCUT2D eigenvalue weighted by Gasteiger charge is -2.24. The third-order valence-corrected chi connectivity index (χ3v) is 5.05. The number of rotatable bonds is 5. The van der Waals surface area contributed by atoms with E-state index >= 15 is 0 Å². The smallest absolute Gasteiger partial charge is 0.251 e. The molecule has 6 nitrogen and oxygen atoms in total. The summed E-state index contributed by atoms with van der Waals surface area (Å²) in [5, 5.41) is 5.08. The van der Waals surface area contributed by atoms with Gasteiger partial charge in [-0.25, -0.2) is 0 Å². The standard InChI is InChI=1S/C16H20N4O2S/c1-19-7-2-4-12(19)13-5-3-8-20(13)10-14(21)18-16-11(15(17)22)6-9-23-16/h2,4,6-7,9,13H,3,5,8,10H2,1H3,(H2,17,22)(H,18,21)/t13-/m0/s1. The maximum atomic E-state index is 12.3. The summed E-state index contributed by atoms with van der Waals surface area (Å²) < 4.78 is 2.10. The summed E-state index contributed by atoms with van der Waals surface area (Å²) in [6.45, 7) is 1.21. The number of carbonyl (C=O) groups excluding carboxylic acids is 2. The van der Waals surface area contributed by atoms with E-state index in [-0.39, 0.29) is 11.9 Å². The van der Waals surface area contributed by atoms with Crippen LogP contribution >= 0.6 is 11.3 Å². The van der Waals surface area contributed by atoms with Crippen LogP contribution in [0.2, 0.25) is 0 Å². The molecule has 0 aliphatic carbocycles. The number of carbonyl (C=O) groups is 2. The number of nitrogens with two attached hydrogens (primary N) is 1. The Hall–Kier alpha value is -2.12. The molecule has 2 aromatic rings. The van der Waals surface area contributed by atoms with Gasteiger partial charge in [0.1, 0.15) is 5.00 Å². The SMILES string of the molecule is Cn1cccc1[C@@H]1CCCN1CC(=O)Nc1sccc1C(N)=O. The molecular weight excluding hydrogens is 312 g/mol. The van der Waals surface area contributed by atoms with E-state index in [9.17, 15) is 9.59 Å². The number of anilines is 1. The van der Waals surface area contributed by atoms with Crippen LogP contribution in [-0.4, -0.2) is 34.4 Å². The molecule has 1 saturated heterocycles. The van der Waals surface area contributed by atoms with E-state index in [1.807, 2.05) is 19.3 Å². The summed E-state index contributed by atoms with van der Waals surface area (Å²) in [5.74, 6) is -0.638. The van der Waals surface area contributed by atoms with Crippen LogP contribution in [0, 0.1) is 0 Å². The highest BCUT2D eigenvalue weighted by Crippen LogP contribution is 2.31. The molecule has 7 heteroatoms. The van der Waals surface area contributed by atoms with Gasteiger partial charge in [-0.15, -0.1) is 11.3 Å². The van der Waals surface area contributed by atoms with Gasteiger partial charge in [0.25, 0.3) is 5.91 Å². The van der Waals surface area contributed by atoms with Crippen molar-refractivity contribution in [3.05, 3.63) is 41.0 Å². The van der Waals surface area contributed by atoms with Gasteiger partial charge in [0.2, 0.25) is 5.91 Å². The van der Waals surface area contributed by atoms with Crippen molar-refractivity contribution in [1.82, 2.24) is 9.47 Å². The summed E-state index contributed by atoms with van der Waals surface area (Å²) in [6, 6.07) is 6.02. The predicted molar refractivity (Wildman–Crippen MR) is 90.4 cm³/mol. The largest absolute Gasteiger partial charge is 0.366 e. The topological polar surface area (TPSA) is 80.4 Å². The van der Waals surface area contributed by atoms with Crippen LogP contribution in [0.5, 0.6) is 0 Å². The molecule has 1 aliphatic rings. The Morgan fingerprint density at radius 1 is 1.43 bits per heavy atom. The van der Waals surface area contributed by atoms with Crippen LogP contribution in [0.4, 0.5) is 5.00 Å². The summed E-state index contributed by atoms with van der Waals surface area (Å²) in [5.41, 5.74) is 6.90. The maximum Gasteiger partial charge on any atom is 0.251 e. The number of hydrogen-bond donors (Lipinski definition) is 2. The molecular formula is C16H20N4O2S. The number of primary amides is 1. The Bertz CT molecular complexity index is 721. The minimum atomic E-state index is -0.524. The molecule has 3 N–H and O–H groups in total. The first kappa shape index (κ1) is 15.8. The summed E-state index contributed by atoms with van der Waals surface area (Å²) in [7, 11) is 2.02. The van der Waals surface area contributed by atoms with Crippen LogP contribution in [-0.2, 0) is 11.8 Å². The van der Waals surface area contributed by atoms with Gasteiger partial charge < -0.3 is 15.6 Å². The quantitative estimate of drug-likeness (QED) is 0.878. The van der Waals surface area contributed by atoms with E-state index < -0.39 is 5.91 Å². The van der Waals surface area contributed by atoms with E-state index in [0.29, 0.717) is 17.1 Å². The highest BCUT2D eigenvalue weighted by molar-refractivity contribution is 7.14. The lowest BCUT2D eigenvalue weighted by atomic mass is 10.1. The van der Waals surface area contributed by atoms with Gasteiger partial charge in [-0.05, 0) is 43.0 Å². The number of aryl methyl sites for hydroxylation is 1. The highest BCUT2D eigenvalue weighted by Gasteiger charge is 2.29. The van der Waals surface area contributed by atoms with Crippen molar-refractivity contribution in [3.63, 3.8) is 0 Å². The number of aromatic nitrogens is 1. The Labute approximate surface area is 138 Å². The van der Waals surface area contributed by atoms with Crippen LogP contribution in [0.15, 0.2) is 29.8 Å². The lowest BCUT2D eigenvalue weighted by Crippen LogP contribution is -2.33. The zero-order valence-corrected chi connectivity index (χ0v) is 13.8. The molecule has 23 heavy (non-hydrogen) atoms. The first-order valence-corrected chi connectivity index (χ1v) is 8.46. The van der Waals surface area contributed by atoms with Gasteiger partial charge in [0, 0.05) is 18.9 Å². The zero-order valence-electron chi connectivity index (χ0n) is 13.0. The van der Waals surface area contributed by atoms with Crippen molar-refractivity contribution in [2.24, 2.45) is 12.8 Å². The third kappa shape index (κ3) is 3.30. The second-order valence-corrected chi connectivity index (χ2v) is 6.66. The van der Waals surface area contributed by atoms with Gasteiger partial charge in [-0.3, -0.25) is 14.5 Å². The molecule has 3 rings (SSSR count). The second kappa shape index (κ2) is 6.55. The number of nitrogens with zero attached hydrogens (tertiary/aromatic N) is 2. The van der Waals surface area contributed by atoms with E-state index in [1.54, 1.807) is 11.4 Å². The van der Waals surface area contributed by atoms with E-state index in [0.717, 1.165) is 19.4 Å². The van der Waals surface area contributed by atoms with Crippen molar-refractivity contribution in [1.29, 1.82) is 0 Å². The lowest BCUT2D eigenvalue weighted by molar-refractivity contribution is -0.117. The third-order valence-electron chi connectivity index (χ3n) is 4.22. The first-order chi connectivity index (χ1) is 11.1. The van der Waals surface area contributed by atoms with E-state index in [2.05, 4.69) is 20.9 Å². The average molecular weight is 332 g/mol. The Morgan fingerprint density at radius 3 is 2.96 bits per heavy atom. The molecule has 3 heterocycles. The Morgan fingerprint density at radius 2 is 2.26 bits per heavy atom. The summed E-state index contributed by atoms with van der Waals surface area (Å²) >= 11 is 1.31. The molecule has 0 aromatic carbocycles. The maximum absolute atomic E-state index is 12.3. The first-order valence-electron chi connectivity index (χ1n) is 7.58. The Balaban J connectivity index is 1.66. The van der Waals surface area contributed by atoms with Crippen molar-refractivity contribution < 1.29 is 9.59 Å². The molecule has 0 radical (unpaired) electrons. The Kier molecular flexibility index (Phi) is 4.49. The number of nitrogens with one attached hydrogen (secondary N) is 1. The van der Waals surface area contributed by atoms with Gasteiger partial charge in [0.05, 0.1) is 18.2 Å². The highest BCUT2D eigenvalue weighted by atomic mass is 32.1. The monoisotopic (exact) mass is 332 g/mol. The fourth-order valence-electron chi connectivity index (χ4n) is 3.12. The van der Waals surface area contributed by atoms with Crippen LogP contribution in [0.1, 0.15) is 34.9 Å². The number of hydrogen-bond acceptors (Lipinski definition) is 4. The van der Waals surface area contributed by atoms with E-state index in [1.165, 1.54) is 17.0 Å². The second-order valence-electron chi connectivity index (χ2n) is 5.75. The summed E-state index contributed by atoms with van der Waals surface area (Å²) in [6.07, 6.45) is 4.15. The minimum Gasteiger partial charge on any atom is -0.366 e. The zero-order chi connectivity index (χ0) is 16.4. The van der Waals surface area contributed by atoms with Crippen molar-refractivity contribution >= 4 is 28.2 Å². The van der Waals surface area contributed by atoms with Crippen LogP contribution in [0.25, 0.3) is 0 Å². The predicted octanol–water partition coefficient (Wildman–Crippen LogP) is 1.96.